The van der Waals surface area contributed by atoms with E-state index in [0.717, 1.165) is 22.3 Å². The maximum Gasteiger partial charge on any atom is 0.239 e. The summed E-state index contributed by atoms with van der Waals surface area (Å²) in [5.74, 6) is -1.95. The molecule has 2 aliphatic carbocycles. The zero-order chi connectivity index (χ0) is 23.7. The van der Waals surface area contributed by atoms with Crippen molar-refractivity contribution in [3.8, 4) is 0 Å². The number of rotatable bonds is 4. The number of fused-ring (bicyclic) bond motifs is 5. The fourth-order valence-corrected chi connectivity index (χ4v) is 6.96. The number of Topliss-reactive ketones (excluding diaryl/α,β-unsaturated/α-hetero) is 1. The highest BCUT2D eigenvalue weighted by molar-refractivity contribution is 6.34. The number of ketones is 1. The largest absolute Gasteiger partial charge is 0.298 e. The number of para-hydroxylation sites is 1. The number of anilines is 1. The standard InChI is InChI=1S/C30H25NO3/c1-3-30-23(20-15-9-5-10-16-20)22(19-13-7-4-8-14-19)29(2,28(30)34)24-25(30)27(33)31(26(24)32)21-17-11-6-12-18-21/h4-18,24-25H,3H2,1-2H3/t24-,25-,29-,30+/m0/s1. The van der Waals surface area contributed by atoms with Crippen LogP contribution in [0.15, 0.2) is 91.0 Å². The van der Waals surface area contributed by atoms with Crippen molar-refractivity contribution in [2.24, 2.45) is 22.7 Å². The normalized spacial score (nSPS) is 29.8. The van der Waals surface area contributed by atoms with Crippen LogP contribution < -0.4 is 4.90 Å². The lowest BCUT2D eigenvalue weighted by atomic mass is 9.62. The second-order valence-electron chi connectivity index (χ2n) is 9.64. The van der Waals surface area contributed by atoms with Gasteiger partial charge in [-0.25, -0.2) is 4.90 Å². The van der Waals surface area contributed by atoms with E-state index in [0.29, 0.717) is 12.1 Å². The lowest BCUT2D eigenvalue weighted by molar-refractivity contribution is -0.134. The van der Waals surface area contributed by atoms with Crippen LogP contribution in [0.5, 0.6) is 0 Å². The van der Waals surface area contributed by atoms with Crippen LogP contribution in [0.25, 0.3) is 11.1 Å². The van der Waals surface area contributed by atoms with E-state index in [2.05, 4.69) is 0 Å². The van der Waals surface area contributed by atoms with Gasteiger partial charge >= 0.3 is 0 Å². The quantitative estimate of drug-likeness (QED) is 0.503. The van der Waals surface area contributed by atoms with Gasteiger partial charge in [0.25, 0.3) is 0 Å². The average molecular weight is 448 g/mol. The number of nitrogens with zero attached hydrogens (tertiary/aromatic N) is 1. The lowest BCUT2D eigenvalue weighted by Gasteiger charge is -2.37. The first-order valence-electron chi connectivity index (χ1n) is 11.8. The molecule has 4 atom stereocenters. The van der Waals surface area contributed by atoms with Crippen molar-refractivity contribution in [3.05, 3.63) is 102 Å². The van der Waals surface area contributed by atoms with Gasteiger partial charge in [-0.3, -0.25) is 14.4 Å². The second-order valence-corrected chi connectivity index (χ2v) is 9.64. The summed E-state index contributed by atoms with van der Waals surface area (Å²) in [6, 6.07) is 28.8. The molecular formula is C30H25NO3. The van der Waals surface area contributed by atoms with E-state index in [4.69, 9.17) is 0 Å². The van der Waals surface area contributed by atoms with E-state index in [1.165, 1.54) is 4.90 Å². The number of amides is 2. The first kappa shape index (κ1) is 20.8. The Labute approximate surface area is 198 Å². The van der Waals surface area contributed by atoms with Crippen molar-refractivity contribution < 1.29 is 14.4 Å². The minimum atomic E-state index is -1.08. The van der Waals surface area contributed by atoms with Crippen molar-refractivity contribution >= 4 is 34.4 Å². The summed E-state index contributed by atoms with van der Waals surface area (Å²) in [6.45, 7) is 3.86. The van der Waals surface area contributed by atoms with Crippen molar-refractivity contribution in [2.75, 3.05) is 4.90 Å². The van der Waals surface area contributed by atoms with E-state index in [-0.39, 0.29) is 17.6 Å². The second kappa shape index (κ2) is 7.10. The van der Waals surface area contributed by atoms with Crippen LogP contribution in [-0.2, 0) is 14.4 Å². The molecule has 3 aromatic rings. The van der Waals surface area contributed by atoms with Gasteiger partial charge < -0.3 is 0 Å². The fraction of sp³-hybridized carbons (Fsp3) is 0.233. The molecule has 1 aliphatic heterocycles. The Bertz CT molecular complexity index is 1360. The maximum absolute atomic E-state index is 14.4. The SMILES string of the molecule is CC[C@@]12C(=O)[C@@](C)(C(c3ccccc3)=C1c1ccccc1)[C@@H]1C(=O)N(c3ccccc3)C(=O)[C@H]12. The van der Waals surface area contributed by atoms with Gasteiger partial charge in [-0.05, 0) is 47.8 Å². The van der Waals surface area contributed by atoms with Crippen LogP contribution in [-0.4, -0.2) is 17.6 Å². The predicted octanol–water partition coefficient (Wildman–Crippen LogP) is 5.40. The summed E-state index contributed by atoms with van der Waals surface area (Å²) in [4.78, 5) is 43.7. The molecule has 34 heavy (non-hydrogen) atoms. The van der Waals surface area contributed by atoms with E-state index in [1.807, 2.05) is 92.7 Å². The zero-order valence-corrected chi connectivity index (χ0v) is 19.2. The van der Waals surface area contributed by atoms with Crippen LogP contribution in [0.3, 0.4) is 0 Å². The lowest BCUT2D eigenvalue weighted by Crippen LogP contribution is -2.41. The van der Waals surface area contributed by atoms with E-state index in [9.17, 15) is 14.4 Å². The minimum Gasteiger partial charge on any atom is -0.298 e. The highest BCUT2D eigenvalue weighted by Crippen LogP contribution is 2.74. The third-order valence-corrected chi connectivity index (χ3v) is 8.25. The van der Waals surface area contributed by atoms with Crippen LogP contribution in [0, 0.1) is 22.7 Å². The molecule has 2 bridgehead atoms. The molecule has 3 aromatic carbocycles. The molecule has 0 N–H and O–H groups in total. The topological polar surface area (TPSA) is 54.5 Å². The number of hydrogen-bond donors (Lipinski definition) is 0. The van der Waals surface area contributed by atoms with Crippen molar-refractivity contribution in [3.63, 3.8) is 0 Å². The Morgan fingerprint density at radius 3 is 1.68 bits per heavy atom. The summed E-state index contributed by atoms with van der Waals surface area (Å²) in [5.41, 5.74) is 2.12. The number of hydrogen-bond acceptors (Lipinski definition) is 3. The third-order valence-electron chi connectivity index (χ3n) is 8.25. The Kier molecular flexibility index (Phi) is 4.34. The van der Waals surface area contributed by atoms with Gasteiger partial charge in [0.1, 0.15) is 0 Å². The Balaban J connectivity index is 1.67. The number of allylic oxidation sites excluding steroid dienone is 2. The average Bonchev–Trinajstić information content (AvgIpc) is 3.35. The summed E-state index contributed by atoms with van der Waals surface area (Å²) in [6.07, 6.45) is 0.463. The first-order chi connectivity index (χ1) is 16.5. The molecule has 168 valence electrons. The van der Waals surface area contributed by atoms with Gasteiger partial charge in [-0.2, -0.15) is 0 Å². The molecular weight excluding hydrogens is 422 g/mol. The van der Waals surface area contributed by atoms with Gasteiger partial charge in [-0.1, -0.05) is 85.8 Å². The molecule has 1 heterocycles. The summed E-state index contributed by atoms with van der Waals surface area (Å²) >= 11 is 0. The minimum absolute atomic E-state index is 0.00428. The van der Waals surface area contributed by atoms with Crippen molar-refractivity contribution in [1.82, 2.24) is 0 Å². The highest BCUT2D eigenvalue weighted by atomic mass is 16.2. The molecule has 2 fully saturated rings. The van der Waals surface area contributed by atoms with Crippen LogP contribution in [0.2, 0.25) is 0 Å². The van der Waals surface area contributed by atoms with E-state index >= 15 is 0 Å². The number of benzene rings is 3. The molecule has 0 spiro atoms. The van der Waals surface area contributed by atoms with Crippen LogP contribution in [0.1, 0.15) is 31.4 Å². The molecule has 6 rings (SSSR count). The monoisotopic (exact) mass is 447 g/mol. The predicted molar refractivity (Wildman–Crippen MR) is 131 cm³/mol. The van der Waals surface area contributed by atoms with Crippen molar-refractivity contribution in [1.29, 1.82) is 0 Å². The molecule has 4 nitrogen and oxygen atoms in total. The maximum atomic E-state index is 14.4. The van der Waals surface area contributed by atoms with Gasteiger partial charge in [0.2, 0.25) is 11.8 Å². The number of carbonyl (C=O) groups excluding carboxylic acids is 3. The summed E-state index contributed by atoms with van der Waals surface area (Å²) in [5, 5.41) is 0. The Morgan fingerprint density at radius 2 is 1.15 bits per heavy atom. The highest BCUT2D eigenvalue weighted by Gasteiger charge is 2.79. The van der Waals surface area contributed by atoms with Gasteiger partial charge in [0.05, 0.1) is 28.4 Å². The summed E-state index contributed by atoms with van der Waals surface area (Å²) < 4.78 is 0. The van der Waals surface area contributed by atoms with Gasteiger partial charge in [0, 0.05) is 0 Å². The Morgan fingerprint density at radius 1 is 0.676 bits per heavy atom. The van der Waals surface area contributed by atoms with Crippen molar-refractivity contribution in [2.45, 2.75) is 20.3 Å². The molecule has 2 amide bonds. The van der Waals surface area contributed by atoms with Gasteiger partial charge in [0.15, 0.2) is 5.78 Å². The molecule has 4 heteroatoms. The van der Waals surface area contributed by atoms with E-state index < -0.39 is 22.7 Å². The van der Waals surface area contributed by atoms with Gasteiger partial charge in [-0.15, -0.1) is 0 Å². The Hall–Kier alpha value is -3.79. The number of carbonyl (C=O) groups is 3. The molecule has 0 aromatic heterocycles. The summed E-state index contributed by atoms with van der Waals surface area (Å²) in [7, 11) is 0. The first-order valence-corrected chi connectivity index (χ1v) is 11.8. The third kappa shape index (κ3) is 2.30. The van der Waals surface area contributed by atoms with Crippen LogP contribution >= 0.6 is 0 Å². The molecule has 1 saturated heterocycles. The molecule has 3 aliphatic rings. The molecule has 0 radical (unpaired) electrons. The van der Waals surface area contributed by atoms with E-state index in [1.54, 1.807) is 12.1 Å². The smallest absolute Gasteiger partial charge is 0.239 e. The number of imide groups is 1. The molecule has 0 unspecified atom stereocenters. The zero-order valence-electron chi connectivity index (χ0n) is 19.2. The molecule has 1 saturated carbocycles. The fourth-order valence-electron chi connectivity index (χ4n) is 6.96. The van der Waals surface area contributed by atoms with Crippen LogP contribution in [0.4, 0.5) is 5.69 Å².